The van der Waals surface area contributed by atoms with E-state index in [4.69, 9.17) is 0 Å². The molecule has 0 bridgehead atoms. The Balaban J connectivity index is 2.43. The molecule has 0 saturated carbocycles. The smallest absolute Gasteiger partial charge is 0.351 e. The average Bonchev–Trinajstić information content (AvgIpc) is 2.33. The molecule has 1 amide bonds. The van der Waals surface area contributed by atoms with Crippen molar-refractivity contribution in [2.75, 3.05) is 12.3 Å². The van der Waals surface area contributed by atoms with Gasteiger partial charge in [-0.05, 0) is 23.9 Å². The fourth-order valence-electron chi connectivity index (χ4n) is 1.17. The van der Waals surface area contributed by atoms with Crippen molar-refractivity contribution in [3.63, 3.8) is 0 Å². The Hall–Kier alpha value is -1.77. The largest absolute Gasteiger partial charge is 0.441 e. The number of rotatable bonds is 5. The number of halogens is 3. The highest BCUT2D eigenvalue weighted by atomic mass is 32.2. The summed E-state index contributed by atoms with van der Waals surface area (Å²) in [6, 6.07) is 4.79. The van der Waals surface area contributed by atoms with Crippen LogP contribution >= 0.6 is 11.8 Å². The van der Waals surface area contributed by atoms with E-state index in [9.17, 15) is 28.1 Å². The molecule has 104 valence electrons. The Bertz CT molecular complexity index is 462. The monoisotopic (exact) mass is 294 g/mol. The van der Waals surface area contributed by atoms with E-state index in [1.807, 2.05) is 0 Å². The number of carbonyl (C=O) groups excluding carboxylic acids is 1. The van der Waals surface area contributed by atoms with E-state index in [2.05, 4.69) is 5.32 Å². The molecule has 0 aliphatic heterocycles. The summed E-state index contributed by atoms with van der Waals surface area (Å²) in [6.07, 6.45) is 0. The highest BCUT2D eigenvalue weighted by Crippen LogP contribution is 2.29. The number of benzene rings is 1. The van der Waals surface area contributed by atoms with E-state index < -0.39 is 16.3 Å². The van der Waals surface area contributed by atoms with Gasteiger partial charge in [-0.2, -0.15) is 13.2 Å². The number of nitro groups is 1. The standard InChI is InChI=1S/C10H9F3N2O3S/c11-10(12,13)19-6-5-14-9(16)7-1-3-8(4-2-7)15(17)18/h1-4H,5-6H2,(H,14,16). The highest BCUT2D eigenvalue weighted by molar-refractivity contribution is 8.00. The van der Waals surface area contributed by atoms with Crippen molar-refractivity contribution in [1.82, 2.24) is 5.32 Å². The first-order valence-corrected chi connectivity index (χ1v) is 6.01. The van der Waals surface area contributed by atoms with Crippen LogP contribution < -0.4 is 5.32 Å². The Morgan fingerprint density at radius 1 is 1.32 bits per heavy atom. The summed E-state index contributed by atoms with van der Waals surface area (Å²) >= 11 is -0.227. The molecule has 1 N–H and O–H groups in total. The number of nitro benzene ring substituents is 1. The SMILES string of the molecule is O=C(NCCSC(F)(F)F)c1ccc([N+](=O)[O-])cc1. The van der Waals surface area contributed by atoms with Gasteiger partial charge in [0.2, 0.25) is 0 Å². The topological polar surface area (TPSA) is 72.2 Å². The van der Waals surface area contributed by atoms with Crippen LogP contribution in [-0.2, 0) is 0 Å². The quantitative estimate of drug-likeness (QED) is 0.514. The lowest BCUT2D eigenvalue weighted by Crippen LogP contribution is -2.26. The van der Waals surface area contributed by atoms with Crippen LogP contribution in [0, 0.1) is 10.1 Å². The molecule has 19 heavy (non-hydrogen) atoms. The molecule has 0 aliphatic carbocycles. The average molecular weight is 294 g/mol. The lowest BCUT2D eigenvalue weighted by molar-refractivity contribution is -0.384. The van der Waals surface area contributed by atoms with E-state index in [1.165, 1.54) is 12.1 Å². The summed E-state index contributed by atoms with van der Waals surface area (Å²) in [5, 5.41) is 12.7. The zero-order valence-electron chi connectivity index (χ0n) is 9.44. The van der Waals surface area contributed by atoms with E-state index in [-0.39, 0.29) is 35.3 Å². The van der Waals surface area contributed by atoms with Gasteiger partial charge in [0, 0.05) is 30.0 Å². The number of non-ortho nitro benzene ring substituents is 1. The van der Waals surface area contributed by atoms with Crippen LogP contribution in [0.3, 0.4) is 0 Å². The maximum atomic E-state index is 11.8. The van der Waals surface area contributed by atoms with Crippen molar-refractivity contribution in [2.45, 2.75) is 5.51 Å². The van der Waals surface area contributed by atoms with E-state index in [1.54, 1.807) is 0 Å². The Morgan fingerprint density at radius 2 is 1.89 bits per heavy atom. The van der Waals surface area contributed by atoms with Crippen LogP contribution in [0.4, 0.5) is 18.9 Å². The van der Waals surface area contributed by atoms with Gasteiger partial charge >= 0.3 is 5.51 Å². The minimum absolute atomic E-state index is 0.139. The Morgan fingerprint density at radius 3 is 2.37 bits per heavy atom. The molecule has 0 saturated heterocycles. The minimum Gasteiger partial charge on any atom is -0.351 e. The Labute approximate surface area is 110 Å². The summed E-state index contributed by atoms with van der Waals surface area (Å²) in [5.41, 5.74) is -4.33. The molecule has 1 rings (SSSR count). The van der Waals surface area contributed by atoms with Crippen LogP contribution in [-0.4, -0.2) is 28.6 Å². The van der Waals surface area contributed by atoms with Gasteiger partial charge in [-0.1, -0.05) is 0 Å². The maximum absolute atomic E-state index is 11.8. The molecule has 0 atom stereocenters. The molecule has 9 heteroatoms. The number of alkyl halides is 3. The lowest BCUT2D eigenvalue weighted by atomic mass is 10.2. The van der Waals surface area contributed by atoms with Gasteiger partial charge in [0.15, 0.2) is 0 Å². The maximum Gasteiger partial charge on any atom is 0.441 e. The van der Waals surface area contributed by atoms with Crippen molar-refractivity contribution in [3.05, 3.63) is 39.9 Å². The van der Waals surface area contributed by atoms with Crippen LogP contribution in [0.2, 0.25) is 0 Å². The second kappa shape index (κ2) is 6.41. The number of carbonyl (C=O) groups is 1. The van der Waals surface area contributed by atoms with Gasteiger partial charge in [0.1, 0.15) is 0 Å². The van der Waals surface area contributed by atoms with Gasteiger partial charge in [-0.15, -0.1) is 0 Å². The number of hydrogen-bond acceptors (Lipinski definition) is 4. The molecule has 0 unspecified atom stereocenters. The molecule has 1 aromatic rings. The third kappa shape index (κ3) is 5.60. The first kappa shape index (κ1) is 15.3. The van der Waals surface area contributed by atoms with E-state index in [0.29, 0.717) is 0 Å². The molecule has 0 heterocycles. The molecule has 0 radical (unpaired) electrons. The second-order valence-corrected chi connectivity index (χ2v) is 4.51. The Kier molecular flexibility index (Phi) is 5.16. The third-order valence-corrected chi connectivity index (χ3v) is 2.73. The van der Waals surface area contributed by atoms with Crippen molar-refractivity contribution in [3.8, 4) is 0 Å². The molecule has 1 aromatic carbocycles. The van der Waals surface area contributed by atoms with E-state index in [0.717, 1.165) is 12.1 Å². The number of amides is 1. The fourth-order valence-corrected chi connectivity index (χ4v) is 1.60. The molecule has 5 nitrogen and oxygen atoms in total. The number of nitrogens with zero attached hydrogens (tertiary/aromatic N) is 1. The van der Waals surface area contributed by atoms with Crippen LogP contribution in [0.15, 0.2) is 24.3 Å². The van der Waals surface area contributed by atoms with Crippen molar-refractivity contribution in [1.29, 1.82) is 0 Å². The zero-order chi connectivity index (χ0) is 14.5. The lowest BCUT2D eigenvalue weighted by Gasteiger charge is -2.07. The molecule has 0 aliphatic rings. The van der Waals surface area contributed by atoms with Crippen molar-refractivity contribution < 1.29 is 22.9 Å². The van der Waals surface area contributed by atoms with Gasteiger partial charge < -0.3 is 5.32 Å². The van der Waals surface area contributed by atoms with Crippen molar-refractivity contribution >= 4 is 23.4 Å². The third-order valence-electron chi connectivity index (χ3n) is 1.99. The summed E-state index contributed by atoms with van der Waals surface area (Å²) in [4.78, 5) is 21.3. The second-order valence-electron chi connectivity index (χ2n) is 3.35. The predicted octanol–water partition coefficient (Wildman–Crippen LogP) is 2.58. The molecular formula is C10H9F3N2O3S. The van der Waals surface area contributed by atoms with Gasteiger partial charge in [0.05, 0.1) is 4.92 Å². The summed E-state index contributed by atoms with van der Waals surface area (Å²) in [5.74, 6) is -0.861. The van der Waals surface area contributed by atoms with Gasteiger partial charge in [0.25, 0.3) is 11.6 Å². The predicted molar refractivity (Wildman–Crippen MR) is 63.9 cm³/mol. The summed E-state index contributed by atoms with van der Waals surface area (Å²) in [6.45, 7) is -0.139. The van der Waals surface area contributed by atoms with E-state index >= 15 is 0 Å². The molecular weight excluding hydrogens is 285 g/mol. The summed E-state index contributed by atoms with van der Waals surface area (Å²) in [7, 11) is 0. The first-order valence-electron chi connectivity index (χ1n) is 5.03. The zero-order valence-corrected chi connectivity index (χ0v) is 10.3. The molecule has 0 spiro atoms. The van der Waals surface area contributed by atoms with Gasteiger partial charge in [-0.3, -0.25) is 14.9 Å². The fraction of sp³-hybridized carbons (Fsp3) is 0.300. The highest BCUT2D eigenvalue weighted by Gasteiger charge is 2.27. The first-order chi connectivity index (χ1) is 8.79. The van der Waals surface area contributed by atoms with Crippen LogP contribution in [0.1, 0.15) is 10.4 Å². The van der Waals surface area contributed by atoms with Crippen molar-refractivity contribution in [2.24, 2.45) is 0 Å². The molecule has 0 fully saturated rings. The normalized spacial score (nSPS) is 11.1. The minimum atomic E-state index is -4.32. The number of nitrogens with one attached hydrogen (secondary N) is 1. The van der Waals surface area contributed by atoms with Crippen LogP contribution in [0.5, 0.6) is 0 Å². The number of thioether (sulfide) groups is 1. The molecule has 0 aromatic heterocycles. The number of hydrogen-bond donors (Lipinski definition) is 1. The van der Waals surface area contributed by atoms with Crippen LogP contribution in [0.25, 0.3) is 0 Å². The van der Waals surface area contributed by atoms with Gasteiger partial charge in [-0.25, -0.2) is 0 Å². The summed E-state index contributed by atoms with van der Waals surface area (Å²) < 4.78 is 35.4.